The van der Waals surface area contributed by atoms with Crippen LogP contribution in [0.15, 0.2) is 36.4 Å². The molecule has 9 nitrogen and oxygen atoms in total. The quantitative estimate of drug-likeness (QED) is 0.245. The van der Waals surface area contributed by atoms with Crippen molar-refractivity contribution in [1.82, 2.24) is 0 Å². The Morgan fingerprint density at radius 3 is 2.60 bits per heavy atom. The lowest BCUT2D eigenvalue weighted by Crippen LogP contribution is -2.21. The normalized spacial score (nSPS) is 10.2. The number of ether oxygens (including phenoxy) is 3. The largest absolute Gasteiger partial charge is 0.497 e. The van der Waals surface area contributed by atoms with Gasteiger partial charge in [-0.1, -0.05) is 23.2 Å². The van der Waals surface area contributed by atoms with Crippen molar-refractivity contribution in [2.45, 2.75) is 12.8 Å². The number of nitrogens with zero attached hydrogens (tertiary/aromatic N) is 1. The molecule has 0 atom stereocenters. The number of methoxy groups -OCH3 is 1. The van der Waals surface area contributed by atoms with E-state index in [2.05, 4.69) is 5.32 Å². The summed E-state index contributed by atoms with van der Waals surface area (Å²) in [6, 6.07) is 8.68. The number of hydrogen-bond donors (Lipinski definition) is 1. The highest BCUT2D eigenvalue weighted by Gasteiger charge is 2.17. The lowest BCUT2D eigenvalue weighted by molar-refractivity contribution is -0.383. The van der Waals surface area contributed by atoms with E-state index in [4.69, 9.17) is 37.4 Å². The minimum absolute atomic E-state index is 0.0117. The predicted octanol–water partition coefficient (Wildman–Crippen LogP) is 4.25. The highest BCUT2D eigenvalue weighted by atomic mass is 35.5. The molecule has 30 heavy (non-hydrogen) atoms. The van der Waals surface area contributed by atoms with E-state index in [0.29, 0.717) is 28.0 Å². The Kier molecular flexibility index (Phi) is 8.70. The smallest absolute Gasteiger partial charge is 0.306 e. The Morgan fingerprint density at radius 2 is 1.93 bits per heavy atom. The van der Waals surface area contributed by atoms with Gasteiger partial charge in [0.1, 0.15) is 17.2 Å². The van der Waals surface area contributed by atoms with Crippen LogP contribution in [-0.4, -0.2) is 37.1 Å². The van der Waals surface area contributed by atoms with Gasteiger partial charge in [-0.3, -0.25) is 19.7 Å². The lowest BCUT2D eigenvalue weighted by atomic mass is 10.2. The summed E-state index contributed by atoms with van der Waals surface area (Å²) in [6.45, 7) is -0.379. The van der Waals surface area contributed by atoms with Crippen LogP contribution in [0.1, 0.15) is 12.8 Å². The molecule has 2 rings (SSSR count). The summed E-state index contributed by atoms with van der Waals surface area (Å²) >= 11 is 11.8. The topological polar surface area (TPSA) is 117 Å². The Balaban J connectivity index is 1.75. The number of nitro benzene ring substituents is 1. The van der Waals surface area contributed by atoms with Crippen LogP contribution < -0.4 is 14.8 Å². The Hall–Kier alpha value is -3.04. The van der Waals surface area contributed by atoms with E-state index in [1.165, 1.54) is 31.4 Å². The molecule has 11 heteroatoms. The average molecular weight is 457 g/mol. The van der Waals surface area contributed by atoms with Crippen LogP contribution in [-0.2, 0) is 14.3 Å². The van der Waals surface area contributed by atoms with Crippen molar-refractivity contribution in [3.8, 4) is 11.5 Å². The van der Waals surface area contributed by atoms with Crippen molar-refractivity contribution in [1.29, 1.82) is 0 Å². The molecule has 1 amide bonds. The standard InChI is InChI=1S/C19H18Cl2N2O7/c1-28-13-5-6-16(23(26)27)15(10-13)22-18(24)11-30-19(25)3-2-8-29-17-7-4-12(20)9-14(17)21/h4-7,9-10H,2-3,8,11H2,1H3,(H,22,24). The summed E-state index contributed by atoms with van der Waals surface area (Å²) in [5, 5.41) is 14.2. The van der Waals surface area contributed by atoms with Gasteiger partial charge in [0, 0.05) is 23.6 Å². The zero-order chi connectivity index (χ0) is 22.1. The third kappa shape index (κ3) is 7.09. The van der Waals surface area contributed by atoms with E-state index < -0.39 is 23.4 Å². The first-order valence-electron chi connectivity index (χ1n) is 8.66. The summed E-state index contributed by atoms with van der Waals surface area (Å²) in [6.07, 6.45) is 0.346. The number of hydrogen-bond acceptors (Lipinski definition) is 7. The molecule has 0 aromatic heterocycles. The third-order valence-corrected chi connectivity index (χ3v) is 4.25. The maximum absolute atomic E-state index is 12.0. The molecule has 0 radical (unpaired) electrons. The number of nitro groups is 1. The van der Waals surface area contributed by atoms with E-state index in [9.17, 15) is 19.7 Å². The number of carbonyl (C=O) groups excluding carboxylic acids is 2. The van der Waals surface area contributed by atoms with Gasteiger partial charge >= 0.3 is 5.97 Å². The zero-order valence-corrected chi connectivity index (χ0v) is 17.4. The van der Waals surface area contributed by atoms with Gasteiger partial charge in [0.25, 0.3) is 11.6 Å². The van der Waals surface area contributed by atoms with Crippen LogP contribution in [0.2, 0.25) is 10.0 Å². The number of anilines is 1. The molecule has 2 aromatic carbocycles. The molecule has 0 spiro atoms. The van der Waals surface area contributed by atoms with Crippen molar-refractivity contribution in [3.63, 3.8) is 0 Å². The van der Waals surface area contributed by atoms with Crippen molar-refractivity contribution in [2.75, 3.05) is 25.6 Å². The predicted molar refractivity (Wildman–Crippen MR) is 110 cm³/mol. The Labute approximate surface area is 182 Å². The zero-order valence-electron chi connectivity index (χ0n) is 15.9. The second kappa shape index (κ2) is 11.2. The first kappa shape index (κ1) is 23.2. The number of benzene rings is 2. The second-order valence-corrected chi connectivity index (χ2v) is 6.72. The highest BCUT2D eigenvalue weighted by Crippen LogP contribution is 2.29. The Morgan fingerprint density at radius 1 is 1.17 bits per heavy atom. The van der Waals surface area contributed by atoms with Crippen molar-refractivity contribution >= 4 is 46.5 Å². The summed E-state index contributed by atoms with van der Waals surface area (Å²) < 4.78 is 15.3. The van der Waals surface area contributed by atoms with Gasteiger partial charge in [0.05, 0.1) is 23.7 Å². The van der Waals surface area contributed by atoms with Crippen LogP contribution in [0.4, 0.5) is 11.4 Å². The van der Waals surface area contributed by atoms with Crippen LogP contribution in [0.25, 0.3) is 0 Å². The lowest BCUT2D eigenvalue weighted by Gasteiger charge is -2.09. The van der Waals surface area contributed by atoms with Gasteiger partial charge in [-0.25, -0.2) is 0 Å². The average Bonchev–Trinajstić information content (AvgIpc) is 2.70. The first-order valence-corrected chi connectivity index (χ1v) is 9.41. The molecule has 0 saturated heterocycles. The van der Waals surface area contributed by atoms with Gasteiger partial charge in [-0.05, 0) is 30.7 Å². The maximum atomic E-state index is 12.0. The molecule has 0 unspecified atom stereocenters. The minimum atomic E-state index is -0.719. The van der Waals surface area contributed by atoms with Gasteiger partial charge in [-0.15, -0.1) is 0 Å². The van der Waals surface area contributed by atoms with Crippen LogP contribution in [0, 0.1) is 10.1 Å². The molecular weight excluding hydrogens is 439 g/mol. The molecule has 160 valence electrons. The highest BCUT2D eigenvalue weighted by molar-refractivity contribution is 6.35. The molecule has 0 saturated carbocycles. The fraction of sp³-hybridized carbons (Fsp3) is 0.263. The van der Waals surface area contributed by atoms with Gasteiger partial charge in [0.2, 0.25) is 0 Å². The van der Waals surface area contributed by atoms with Crippen LogP contribution in [0.3, 0.4) is 0 Å². The molecule has 0 bridgehead atoms. The number of carbonyl (C=O) groups is 2. The number of esters is 1. The van der Waals surface area contributed by atoms with Gasteiger partial charge in [-0.2, -0.15) is 0 Å². The Bertz CT molecular complexity index is 937. The SMILES string of the molecule is COc1ccc([N+](=O)[O-])c(NC(=O)COC(=O)CCCOc2ccc(Cl)cc2Cl)c1. The maximum Gasteiger partial charge on any atom is 0.306 e. The number of amides is 1. The van der Waals surface area contributed by atoms with E-state index in [1.807, 2.05) is 0 Å². The van der Waals surface area contributed by atoms with Gasteiger partial charge in [0.15, 0.2) is 6.61 Å². The molecule has 1 N–H and O–H groups in total. The fourth-order valence-electron chi connectivity index (χ4n) is 2.30. The number of nitrogens with one attached hydrogen (secondary N) is 1. The number of halogens is 2. The molecule has 0 aliphatic heterocycles. The van der Waals surface area contributed by atoms with E-state index >= 15 is 0 Å². The second-order valence-electron chi connectivity index (χ2n) is 5.88. The van der Waals surface area contributed by atoms with E-state index in [0.717, 1.165) is 0 Å². The van der Waals surface area contributed by atoms with E-state index in [-0.39, 0.29) is 24.4 Å². The molecule has 2 aromatic rings. The summed E-state index contributed by atoms with van der Waals surface area (Å²) in [7, 11) is 1.39. The van der Waals surface area contributed by atoms with E-state index in [1.54, 1.807) is 12.1 Å². The fourth-order valence-corrected chi connectivity index (χ4v) is 2.76. The minimum Gasteiger partial charge on any atom is -0.497 e. The molecule has 0 aliphatic carbocycles. The third-order valence-electron chi connectivity index (χ3n) is 3.72. The molecule has 0 aliphatic rings. The summed E-state index contributed by atoms with van der Waals surface area (Å²) in [5.74, 6) is -0.567. The van der Waals surface area contributed by atoms with Crippen LogP contribution in [0.5, 0.6) is 11.5 Å². The number of rotatable bonds is 10. The van der Waals surface area contributed by atoms with Gasteiger partial charge < -0.3 is 19.5 Å². The molecule has 0 heterocycles. The summed E-state index contributed by atoms with van der Waals surface area (Å²) in [4.78, 5) is 34.2. The summed E-state index contributed by atoms with van der Waals surface area (Å²) in [5.41, 5.74) is -0.373. The molecular formula is C19H18Cl2N2O7. The van der Waals surface area contributed by atoms with Crippen molar-refractivity contribution < 1.29 is 28.7 Å². The van der Waals surface area contributed by atoms with Crippen molar-refractivity contribution in [2.24, 2.45) is 0 Å². The van der Waals surface area contributed by atoms with Crippen LogP contribution >= 0.6 is 23.2 Å². The van der Waals surface area contributed by atoms with Crippen molar-refractivity contribution in [3.05, 3.63) is 56.6 Å². The molecule has 0 fully saturated rings. The first-order chi connectivity index (χ1) is 14.3. The monoisotopic (exact) mass is 456 g/mol.